The fourth-order valence-corrected chi connectivity index (χ4v) is 2.36. The molecule has 1 heteroatoms. The highest BCUT2D eigenvalue weighted by molar-refractivity contribution is 4.88. The monoisotopic (exact) mass is 210 g/mol. The number of unbranched alkanes of at least 4 members (excludes halogenated alkanes) is 5. The van der Waals surface area contributed by atoms with Crippen LogP contribution in [0.5, 0.6) is 0 Å². The maximum absolute atomic E-state index is 5.71. The molecule has 15 heavy (non-hydrogen) atoms. The summed E-state index contributed by atoms with van der Waals surface area (Å²) in [5, 5.41) is 0. The van der Waals surface area contributed by atoms with Crippen LogP contribution in [0.4, 0.5) is 0 Å². The summed E-state index contributed by atoms with van der Waals surface area (Å²) in [4.78, 5) is 0. The van der Waals surface area contributed by atoms with Crippen molar-refractivity contribution in [3.8, 4) is 0 Å². The van der Waals surface area contributed by atoms with E-state index in [9.17, 15) is 0 Å². The van der Waals surface area contributed by atoms with E-state index in [1.165, 1.54) is 51.4 Å². The molecule has 0 radical (unpaired) electrons. The van der Waals surface area contributed by atoms with Gasteiger partial charge in [0.25, 0.3) is 0 Å². The van der Waals surface area contributed by atoms with Gasteiger partial charge in [0.15, 0.2) is 0 Å². The third-order valence-corrected chi connectivity index (χ3v) is 3.41. The normalized spacial score (nSPS) is 25.7. The van der Waals surface area contributed by atoms with Crippen LogP contribution >= 0.6 is 0 Å². The molecule has 0 unspecified atom stereocenters. The quantitative estimate of drug-likeness (QED) is 0.428. The number of hydrogen-bond donors (Lipinski definition) is 0. The van der Waals surface area contributed by atoms with Crippen LogP contribution in [0.1, 0.15) is 58.3 Å². The summed E-state index contributed by atoms with van der Waals surface area (Å²) in [6.45, 7) is 7.09. The van der Waals surface area contributed by atoms with Gasteiger partial charge in [-0.3, -0.25) is 0 Å². The van der Waals surface area contributed by atoms with Crippen molar-refractivity contribution in [1.82, 2.24) is 0 Å². The molecule has 1 rings (SSSR count). The molecule has 0 aromatic carbocycles. The van der Waals surface area contributed by atoms with E-state index < -0.39 is 0 Å². The summed E-state index contributed by atoms with van der Waals surface area (Å²) in [6.07, 6.45) is 13.2. The zero-order valence-electron chi connectivity index (χ0n) is 10.2. The van der Waals surface area contributed by atoms with Crippen LogP contribution in [-0.4, -0.2) is 12.7 Å². The molecule has 2 atom stereocenters. The molecule has 88 valence electrons. The smallest absolute Gasteiger partial charge is 0.0638 e. The van der Waals surface area contributed by atoms with Crippen molar-refractivity contribution in [2.75, 3.05) is 6.61 Å². The van der Waals surface area contributed by atoms with Crippen molar-refractivity contribution in [1.29, 1.82) is 0 Å². The Balaban J connectivity index is 1.97. The predicted molar refractivity (Wildman–Crippen MR) is 66.0 cm³/mol. The number of ether oxygens (including phenoxy) is 1. The van der Waals surface area contributed by atoms with Crippen LogP contribution in [0.25, 0.3) is 0 Å². The van der Waals surface area contributed by atoms with E-state index in [4.69, 9.17) is 4.74 Å². The molecule has 0 aromatic rings. The summed E-state index contributed by atoms with van der Waals surface area (Å²) in [7, 11) is 0. The first-order valence-corrected chi connectivity index (χ1v) is 6.62. The summed E-state index contributed by atoms with van der Waals surface area (Å²) in [5.74, 6) is 0.626. The third kappa shape index (κ3) is 4.83. The molecule has 0 aliphatic carbocycles. The average molecular weight is 210 g/mol. The first-order chi connectivity index (χ1) is 7.38. The maximum Gasteiger partial charge on any atom is 0.0638 e. The zero-order valence-corrected chi connectivity index (χ0v) is 10.2. The predicted octanol–water partition coefficient (Wildman–Crippen LogP) is 4.33. The van der Waals surface area contributed by atoms with Gasteiger partial charge < -0.3 is 4.74 Å². The molecule has 1 heterocycles. The van der Waals surface area contributed by atoms with Gasteiger partial charge in [0.05, 0.1) is 6.10 Å². The minimum atomic E-state index is 0.480. The third-order valence-electron chi connectivity index (χ3n) is 3.41. The lowest BCUT2D eigenvalue weighted by atomic mass is 9.96. The molecule has 1 fully saturated rings. The fraction of sp³-hybridized carbons (Fsp3) is 0.857. The molecule has 0 spiro atoms. The molecule has 0 N–H and O–H groups in total. The van der Waals surface area contributed by atoms with Crippen molar-refractivity contribution in [3.05, 3.63) is 12.7 Å². The summed E-state index contributed by atoms with van der Waals surface area (Å²) in [6, 6.07) is 0. The second-order valence-corrected chi connectivity index (χ2v) is 4.65. The van der Waals surface area contributed by atoms with Crippen molar-refractivity contribution in [3.63, 3.8) is 0 Å². The van der Waals surface area contributed by atoms with Crippen LogP contribution in [0.2, 0.25) is 0 Å². The first-order valence-electron chi connectivity index (χ1n) is 6.62. The van der Waals surface area contributed by atoms with E-state index in [1.807, 2.05) is 0 Å². The lowest BCUT2D eigenvalue weighted by Gasteiger charge is -2.14. The Bertz CT molecular complexity index is 165. The molecular formula is C14H26O. The van der Waals surface area contributed by atoms with Crippen LogP contribution < -0.4 is 0 Å². The Morgan fingerprint density at radius 1 is 1.20 bits per heavy atom. The molecule has 1 saturated heterocycles. The van der Waals surface area contributed by atoms with Gasteiger partial charge >= 0.3 is 0 Å². The Kier molecular flexibility index (Phi) is 6.74. The zero-order chi connectivity index (χ0) is 10.9. The van der Waals surface area contributed by atoms with Gasteiger partial charge in [0.2, 0.25) is 0 Å². The van der Waals surface area contributed by atoms with E-state index in [2.05, 4.69) is 19.6 Å². The van der Waals surface area contributed by atoms with E-state index >= 15 is 0 Å². The Morgan fingerprint density at radius 3 is 2.67 bits per heavy atom. The lowest BCUT2D eigenvalue weighted by molar-refractivity contribution is 0.0896. The van der Waals surface area contributed by atoms with Gasteiger partial charge in [-0.05, 0) is 12.8 Å². The van der Waals surface area contributed by atoms with Gasteiger partial charge in [0.1, 0.15) is 0 Å². The van der Waals surface area contributed by atoms with Crippen LogP contribution in [0.3, 0.4) is 0 Å². The molecule has 1 aliphatic rings. The topological polar surface area (TPSA) is 9.23 Å². The van der Waals surface area contributed by atoms with Crippen molar-refractivity contribution in [2.24, 2.45) is 5.92 Å². The molecular weight excluding hydrogens is 184 g/mol. The summed E-state index contributed by atoms with van der Waals surface area (Å²) in [5.41, 5.74) is 0. The van der Waals surface area contributed by atoms with Gasteiger partial charge in [0, 0.05) is 12.5 Å². The van der Waals surface area contributed by atoms with Crippen LogP contribution in [-0.2, 0) is 4.74 Å². The van der Waals surface area contributed by atoms with E-state index in [1.54, 1.807) is 0 Å². The minimum absolute atomic E-state index is 0.480. The molecule has 1 aliphatic heterocycles. The molecule has 0 aromatic heterocycles. The summed E-state index contributed by atoms with van der Waals surface area (Å²) >= 11 is 0. The van der Waals surface area contributed by atoms with E-state index in [0.717, 1.165) is 6.61 Å². The number of rotatable bonds is 8. The van der Waals surface area contributed by atoms with Gasteiger partial charge in [-0.25, -0.2) is 0 Å². The van der Waals surface area contributed by atoms with E-state index in [-0.39, 0.29) is 0 Å². The van der Waals surface area contributed by atoms with Gasteiger partial charge in [-0.1, -0.05) is 51.5 Å². The number of hydrogen-bond acceptors (Lipinski definition) is 1. The molecule has 0 saturated carbocycles. The minimum Gasteiger partial charge on any atom is -0.378 e. The highest BCUT2D eigenvalue weighted by Crippen LogP contribution is 2.26. The standard InChI is InChI=1S/C14H26O/c1-3-5-6-7-8-9-10-14-13(4-2)11-12-15-14/h4,13-14H,2-3,5-12H2,1H3/t13-,14-/m1/s1. The van der Waals surface area contributed by atoms with E-state index in [0.29, 0.717) is 12.0 Å². The largest absolute Gasteiger partial charge is 0.378 e. The fourth-order valence-electron chi connectivity index (χ4n) is 2.36. The SMILES string of the molecule is C=C[C@@H]1CCO[C@@H]1CCCCCCCC. The van der Waals surface area contributed by atoms with Crippen LogP contribution in [0.15, 0.2) is 12.7 Å². The van der Waals surface area contributed by atoms with Crippen LogP contribution in [0, 0.1) is 5.92 Å². The van der Waals surface area contributed by atoms with Gasteiger partial charge in [-0.2, -0.15) is 0 Å². The van der Waals surface area contributed by atoms with Gasteiger partial charge in [-0.15, -0.1) is 6.58 Å². The second kappa shape index (κ2) is 7.92. The Labute approximate surface area is 94.9 Å². The highest BCUT2D eigenvalue weighted by atomic mass is 16.5. The van der Waals surface area contributed by atoms with Crippen molar-refractivity contribution >= 4 is 0 Å². The van der Waals surface area contributed by atoms with Crippen molar-refractivity contribution < 1.29 is 4.74 Å². The van der Waals surface area contributed by atoms with Crippen molar-refractivity contribution in [2.45, 2.75) is 64.4 Å². The lowest BCUT2D eigenvalue weighted by Crippen LogP contribution is -2.13. The maximum atomic E-state index is 5.71. The Morgan fingerprint density at radius 2 is 1.93 bits per heavy atom. The average Bonchev–Trinajstić information content (AvgIpc) is 2.70. The second-order valence-electron chi connectivity index (χ2n) is 4.65. The Hall–Kier alpha value is -0.300. The molecule has 0 amide bonds. The summed E-state index contributed by atoms with van der Waals surface area (Å²) < 4.78 is 5.71. The highest BCUT2D eigenvalue weighted by Gasteiger charge is 2.24. The first kappa shape index (κ1) is 12.8. The molecule has 0 bridgehead atoms. The molecule has 1 nitrogen and oxygen atoms in total.